The van der Waals surface area contributed by atoms with E-state index < -0.39 is 10.0 Å². The minimum Gasteiger partial charge on any atom is -0.350 e. The highest BCUT2D eigenvalue weighted by Crippen LogP contribution is 2.26. The Kier molecular flexibility index (Phi) is 4.31. The van der Waals surface area contributed by atoms with Crippen molar-refractivity contribution in [2.24, 2.45) is 5.14 Å². The van der Waals surface area contributed by atoms with Gasteiger partial charge >= 0.3 is 0 Å². The van der Waals surface area contributed by atoms with Crippen LogP contribution in [0.15, 0.2) is 5.38 Å². The second kappa shape index (κ2) is 5.13. The van der Waals surface area contributed by atoms with Crippen LogP contribution in [0.1, 0.15) is 15.2 Å². The molecule has 0 saturated heterocycles. The molecule has 0 aliphatic heterocycles. The number of nitrogens with one attached hydrogen (secondary N) is 1. The molecule has 90 valence electrons. The van der Waals surface area contributed by atoms with Crippen LogP contribution in [-0.2, 0) is 10.0 Å². The van der Waals surface area contributed by atoms with E-state index in [1.807, 2.05) is 0 Å². The molecular weight excluding hydrogens is 272 g/mol. The molecule has 0 fully saturated rings. The first-order chi connectivity index (χ1) is 7.31. The molecule has 0 radical (unpaired) electrons. The smallest absolute Gasteiger partial charge is 0.262 e. The Morgan fingerprint density at radius 2 is 2.25 bits per heavy atom. The number of carbonyl (C=O) groups excluding carboxylic acids is 1. The molecule has 0 atom stereocenters. The van der Waals surface area contributed by atoms with Crippen molar-refractivity contribution >= 4 is 38.9 Å². The molecule has 1 rings (SSSR count). The Morgan fingerprint density at radius 3 is 2.69 bits per heavy atom. The third kappa shape index (κ3) is 3.75. The van der Waals surface area contributed by atoms with Gasteiger partial charge in [-0.15, -0.1) is 11.3 Å². The zero-order chi connectivity index (χ0) is 12.3. The number of carbonyl (C=O) groups is 1. The van der Waals surface area contributed by atoms with E-state index in [0.29, 0.717) is 9.90 Å². The Morgan fingerprint density at radius 1 is 1.62 bits per heavy atom. The van der Waals surface area contributed by atoms with E-state index in [0.717, 1.165) is 5.56 Å². The van der Waals surface area contributed by atoms with Crippen LogP contribution in [0.4, 0.5) is 0 Å². The average molecular weight is 283 g/mol. The van der Waals surface area contributed by atoms with E-state index in [4.69, 9.17) is 16.7 Å². The molecule has 0 spiro atoms. The lowest BCUT2D eigenvalue weighted by Gasteiger charge is -2.02. The topological polar surface area (TPSA) is 89.3 Å². The lowest BCUT2D eigenvalue weighted by molar-refractivity contribution is 0.0960. The summed E-state index contributed by atoms with van der Waals surface area (Å²) in [7, 11) is -3.55. The number of amides is 1. The lowest BCUT2D eigenvalue weighted by atomic mass is 10.3. The van der Waals surface area contributed by atoms with E-state index in [9.17, 15) is 13.2 Å². The van der Waals surface area contributed by atoms with Crippen molar-refractivity contribution in [1.82, 2.24) is 5.32 Å². The number of nitrogens with two attached hydrogens (primary N) is 1. The van der Waals surface area contributed by atoms with Gasteiger partial charge in [-0.25, -0.2) is 13.6 Å². The first-order valence-electron chi connectivity index (χ1n) is 4.33. The number of primary sulfonamides is 1. The first kappa shape index (κ1) is 13.4. The molecule has 0 saturated carbocycles. The van der Waals surface area contributed by atoms with E-state index >= 15 is 0 Å². The van der Waals surface area contributed by atoms with Gasteiger partial charge in [0.2, 0.25) is 10.0 Å². The third-order valence-electron chi connectivity index (χ3n) is 1.78. The van der Waals surface area contributed by atoms with Crippen LogP contribution < -0.4 is 10.5 Å². The van der Waals surface area contributed by atoms with Gasteiger partial charge in [-0.1, -0.05) is 11.6 Å². The fraction of sp³-hybridized carbons (Fsp3) is 0.375. The van der Waals surface area contributed by atoms with Gasteiger partial charge in [0.1, 0.15) is 4.88 Å². The molecule has 0 unspecified atom stereocenters. The Balaban J connectivity index is 2.57. The molecule has 0 aliphatic rings. The maximum absolute atomic E-state index is 11.5. The molecular formula is C8H11ClN2O3S2. The SMILES string of the molecule is Cc1csc(C(=O)NCCS(N)(=O)=O)c1Cl. The molecule has 0 aromatic carbocycles. The van der Waals surface area contributed by atoms with Crippen molar-refractivity contribution in [3.8, 4) is 0 Å². The number of rotatable bonds is 4. The monoisotopic (exact) mass is 282 g/mol. The van der Waals surface area contributed by atoms with Crippen molar-refractivity contribution in [2.75, 3.05) is 12.3 Å². The summed E-state index contributed by atoms with van der Waals surface area (Å²) in [5.74, 6) is -0.674. The predicted molar refractivity (Wildman–Crippen MR) is 64.4 cm³/mol. The summed E-state index contributed by atoms with van der Waals surface area (Å²) in [5.41, 5.74) is 0.822. The van der Waals surface area contributed by atoms with Crippen molar-refractivity contribution in [1.29, 1.82) is 0 Å². The Hall–Kier alpha value is -0.630. The van der Waals surface area contributed by atoms with Crippen LogP contribution in [0.25, 0.3) is 0 Å². The maximum Gasteiger partial charge on any atom is 0.262 e. The fourth-order valence-corrected chi connectivity index (χ4v) is 2.55. The zero-order valence-electron chi connectivity index (χ0n) is 8.49. The zero-order valence-corrected chi connectivity index (χ0v) is 10.9. The van der Waals surface area contributed by atoms with Crippen LogP contribution in [0.3, 0.4) is 0 Å². The molecule has 1 aromatic heterocycles. The molecule has 1 amide bonds. The number of halogens is 1. The van der Waals surface area contributed by atoms with Gasteiger partial charge in [-0.3, -0.25) is 4.79 Å². The molecule has 5 nitrogen and oxygen atoms in total. The van der Waals surface area contributed by atoms with Crippen LogP contribution in [-0.4, -0.2) is 26.6 Å². The molecule has 0 bridgehead atoms. The predicted octanol–water partition coefficient (Wildman–Crippen LogP) is 0.728. The summed E-state index contributed by atoms with van der Waals surface area (Å²) in [6, 6.07) is 0. The maximum atomic E-state index is 11.5. The second-order valence-electron chi connectivity index (χ2n) is 3.18. The lowest BCUT2D eigenvalue weighted by Crippen LogP contribution is -2.31. The summed E-state index contributed by atoms with van der Waals surface area (Å²) in [4.78, 5) is 11.9. The van der Waals surface area contributed by atoms with Crippen molar-refractivity contribution in [2.45, 2.75) is 6.92 Å². The Bertz CT molecular complexity index is 495. The van der Waals surface area contributed by atoms with Gasteiger partial charge in [0.05, 0.1) is 10.8 Å². The van der Waals surface area contributed by atoms with Gasteiger partial charge in [0.25, 0.3) is 5.91 Å². The van der Waals surface area contributed by atoms with E-state index in [1.54, 1.807) is 12.3 Å². The molecule has 3 N–H and O–H groups in total. The van der Waals surface area contributed by atoms with Crippen molar-refractivity contribution in [3.63, 3.8) is 0 Å². The number of thiophene rings is 1. The number of aryl methyl sites for hydroxylation is 1. The highest BCUT2D eigenvalue weighted by atomic mass is 35.5. The summed E-state index contributed by atoms with van der Waals surface area (Å²) in [6.07, 6.45) is 0. The summed E-state index contributed by atoms with van der Waals surface area (Å²) < 4.78 is 21.2. The van der Waals surface area contributed by atoms with Crippen molar-refractivity contribution in [3.05, 3.63) is 20.8 Å². The van der Waals surface area contributed by atoms with Crippen LogP contribution in [0, 0.1) is 6.92 Å². The summed E-state index contributed by atoms with van der Waals surface area (Å²) in [6.45, 7) is 1.77. The standard InChI is InChI=1S/C8H11ClN2O3S2/c1-5-4-15-7(6(5)9)8(12)11-2-3-16(10,13)14/h4H,2-3H2,1H3,(H,11,12)(H2,10,13,14). The van der Waals surface area contributed by atoms with Gasteiger partial charge in [-0.2, -0.15) is 0 Å². The van der Waals surface area contributed by atoms with Gasteiger partial charge < -0.3 is 5.32 Å². The number of sulfonamides is 1. The molecule has 16 heavy (non-hydrogen) atoms. The summed E-state index contributed by atoms with van der Waals surface area (Å²) >= 11 is 7.10. The molecule has 1 aromatic rings. The van der Waals surface area contributed by atoms with Crippen LogP contribution in [0.2, 0.25) is 5.02 Å². The largest absolute Gasteiger partial charge is 0.350 e. The highest BCUT2D eigenvalue weighted by Gasteiger charge is 2.14. The molecule has 1 heterocycles. The first-order valence-corrected chi connectivity index (χ1v) is 7.31. The van der Waals surface area contributed by atoms with E-state index in [-0.39, 0.29) is 18.2 Å². The minimum atomic E-state index is -3.55. The minimum absolute atomic E-state index is 0.0229. The molecule has 0 aliphatic carbocycles. The van der Waals surface area contributed by atoms with Crippen LogP contribution in [0.5, 0.6) is 0 Å². The molecule has 8 heteroatoms. The Labute approximate surface area is 103 Å². The average Bonchev–Trinajstić information content (AvgIpc) is 2.45. The number of hydrogen-bond donors (Lipinski definition) is 2. The van der Waals surface area contributed by atoms with E-state index in [2.05, 4.69) is 5.32 Å². The second-order valence-corrected chi connectivity index (χ2v) is 6.18. The number of hydrogen-bond acceptors (Lipinski definition) is 4. The fourth-order valence-electron chi connectivity index (χ4n) is 0.970. The quantitative estimate of drug-likeness (QED) is 0.853. The van der Waals surface area contributed by atoms with Gasteiger partial charge in [-0.05, 0) is 17.9 Å². The van der Waals surface area contributed by atoms with E-state index in [1.165, 1.54) is 11.3 Å². The third-order valence-corrected chi connectivity index (χ3v) is 4.25. The highest BCUT2D eigenvalue weighted by molar-refractivity contribution is 7.89. The van der Waals surface area contributed by atoms with Gasteiger partial charge in [0.15, 0.2) is 0 Å². The van der Waals surface area contributed by atoms with Gasteiger partial charge in [0, 0.05) is 6.54 Å². The van der Waals surface area contributed by atoms with Crippen molar-refractivity contribution < 1.29 is 13.2 Å². The normalized spacial score (nSPS) is 11.4. The summed E-state index contributed by atoms with van der Waals surface area (Å²) in [5, 5.41) is 9.39. The van der Waals surface area contributed by atoms with Crippen LogP contribution >= 0.6 is 22.9 Å².